The number of hydrogen-bond donors (Lipinski definition) is 0. The van der Waals surface area contributed by atoms with E-state index < -0.39 is 10.0 Å². The molecule has 172 valence electrons. The predicted molar refractivity (Wildman–Crippen MR) is 144 cm³/mol. The van der Waals surface area contributed by atoms with E-state index in [1.807, 2.05) is 128 Å². The molecule has 0 saturated carbocycles. The van der Waals surface area contributed by atoms with E-state index in [-0.39, 0.29) is 4.90 Å². The molecule has 3 nitrogen and oxygen atoms in total. The molecule has 0 aliphatic rings. The number of anilines is 2. The summed E-state index contributed by atoms with van der Waals surface area (Å²) in [6.07, 6.45) is 0. The molecular formula is C31H25NO2S. The van der Waals surface area contributed by atoms with E-state index in [0.717, 1.165) is 27.8 Å². The number of nitrogens with zero attached hydrogens (tertiary/aromatic N) is 1. The van der Waals surface area contributed by atoms with Crippen molar-refractivity contribution >= 4 is 21.4 Å². The molecule has 4 heteroatoms. The lowest BCUT2D eigenvalue weighted by atomic mass is 10.0. The number of hydrogen-bond acceptors (Lipinski definition) is 2. The summed E-state index contributed by atoms with van der Waals surface area (Å²) in [6, 6.07) is 42.3. The number of aryl methyl sites for hydroxylation is 1. The highest BCUT2D eigenvalue weighted by Crippen LogP contribution is 2.35. The van der Waals surface area contributed by atoms with Crippen LogP contribution in [0, 0.1) is 6.92 Å². The molecule has 5 aromatic rings. The highest BCUT2D eigenvalue weighted by Gasteiger charge is 2.27. The van der Waals surface area contributed by atoms with Gasteiger partial charge in [-0.15, -0.1) is 0 Å². The van der Waals surface area contributed by atoms with Crippen molar-refractivity contribution in [3.8, 4) is 22.3 Å². The zero-order valence-corrected chi connectivity index (χ0v) is 20.2. The summed E-state index contributed by atoms with van der Waals surface area (Å²) in [4.78, 5) is 0.252. The van der Waals surface area contributed by atoms with E-state index >= 15 is 0 Å². The molecule has 0 aliphatic carbocycles. The average Bonchev–Trinajstić information content (AvgIpc) is 2.91. The normalized spacial score (nSPS) is 11.2. The third kappa shape index (κ3) is 4.75. The molecule has 0 amide bonds. The Bertz CT molecular complexity index is 1430. The van der Waals surface area contributed by atoms with Gasteiger partial charge in [0.1, 0.15) is 0 Å². The fourth-order valence-electron chi connectivity index (χ4n) is 4.08. The van der Waals surface area contributed by atoms with Crippen LogP contribution in [0.2, 0.25) is 0 Å². The molecular weight excluding hydrogens is 450 g/mol. The standard InChI is InChI=1S/C31H25NO2S/c1-24-12-22-31(23-13-24)35(33,34)32(29-18-14-27(15-19-29)25-8-4-2-5-9-25)30-20-16-28(17-21-30)26-10-6-3-7-11-26/h2-23H,1H3. The van der Waals surface area contributed by atoms with Crippen LogP contribution in [-0.2, 0) is 10.0 Å². The molecule has 5 rings (SSSR count). The molecule has 0 bridgehead atoms. The van der Waals surface area contributed by atoms with Gasteiger partial charge in [-0.1, -0.05) is 103 Å². The van der Waals surface area contributed by atoms with Crippen LogP contribution in [0.3, 0.4) is 0 Å². The molecule has 0 radical (unpaired) electrons. The van der Waals surface area contributed by atoms with E-state index in [4.69, 9.17) is 0 Å². The van der Waals surface area contributed by atoms with Crippen molar-refractivity contribution in [1.29, 1.82) is 0 Å². The SMILES string of the molecule is Cc1ccc(S(=O)(=O)N(c2ccc(-c3ccccc3)cc2)c2ccc(-c3ccccc3)cc2)cc1. The largest absolute Gasteiger partial charge is 0.268 e. The summed E-state index contributed by atoms with van der Waals surface area (Å²) < 4.78 is 29.2. The fraction of sp³-hybridized carbons (Fsp3) is 0.0323. The summed E-state index contributed by atoms with van der Waals surface area (Å²) >= 11 is 0. The predicted octanol–water partition coefficient (Wildman–Crippen LogP) is 7.86. The van der Waals surface area contributed by atoms with Crippen molar-refractivity contribution in [1.82, 2.24) is 0 Å². The maximum Gasteiger partial charge on any atom is 0.268 e. The molecule has 0 fully saturated rings. The van der Waals surface area contributed by atoms with Crippen molar-refractivity contribution in [3.63, 3.8) is 0 Å². The lowest BCUT2D eigenvalue weighted by molar-refractivity contribution is 0.596. The summed E-state index contributed by atoms with van der Waals surface area (Å²) in [6.45, 7) is 1.94. The van der Waals surface area contributed by atoms with Crippen LogP contribution < -0.4 is 4.31 Å². The summed E-state index contributed by atoms with van der Waals surface area (Å²) in [5.74, 6) is 0. The maximum absolute atomic E-state index is 13.9. The topological polar surface area (TPSA) is 37.4 Å². The molecule has 0 heterocycles. The second-order valence-corrected chi connectivity index (χ2v) is 10.2. The first kappa shape index (κ1) is 22.6. The van der Waals surface area contributed by atoms with Crippen LogP contribution in [0.4, 0.5) is 11.4 Å². The molecule has 0 saturated heterocycles. The minimum atomic E-state index is -3.85. The van der Waals surface area contributed by atoms with Gasteiger partial charge in [-0.2, -0.15) is 0 Å². The van der Waals surface area contributed by atoms with Crippen molar-refractivity contribution in [2.75, 3.05) is 4.31 Å². The van der Waals surface area contributed by atoms with E-state index in [9.17, 15) is 8.42 Å². The third-order valence-electron chi connectivity index (χ3n) is 5.98. The van der Waals surface area contributed by atoms with E-state index in [1.54, 1.807) is 12.1 Å². The van der Waals surface area contributed by atoms with Gasteiger partial charge < -0.3 is 0 Å². The molecule has 0 aliphatic heterocycles. The Morgan fingerprint density at radius 1 is 0.457 bits per heavy atom. The minimum Gasteiger partial charge on any atom is -0.235 e. The van der Waals surface area contributed by atoms with Crippen molar-refractivity contribution in [2.24, 2.45) is 0 Å². The van der Waals surface area contributed by atoms with Gasteiger partial charge in [0.15, 0.2) is 0 Å². The molecule has 0 N–H and O–H groups in total. The van der Waals surface area contributed by atoms with Gasteiger partial charge in [-0.05, 0) is 65.6 Å². The lowest BCUT2D eigenvalue weighted by Gasteiger charge is -2.25. The molecule has 5 aromatic carbocycles. The van der Waals surface area contributed by atoms with Gasteiger partial charge in [0.25, 0.3) is 10.0 Å². The van der Waals surface area contributed by atoms with Crippen LogP contribution in [0.15, 0.2) is 138 Å². The Morgan fingerprint density at radius 3 is 1.23 bits per heavy atom. The van der Waals surface area contributed by atoms with Crippen LogP contribution in [0.1, 0.15) is 5.56 Å². The van der Waals surface area contributed by atoms with E-state index in [0.29, 0.717) is 11.4 Å². The first-order chi connectivity index (χ1) is 17.0. The molecule has 0 unspecified atom stereocenters. The van der Waals surface area contributed by atoms with Crippen LogP contribution in [-0.4, -0.2) is 8.42 Å². The molecule has 0 aromatic heterocycles. The molecule has 0 atom stereocenters. The minimum absolute atomic E-state index is 0.252. The van der Waals surface area contributed by atoms with E-state index in [1.165, 1.54) is 4.31 Å². The van der Waals surface area contributed by atoms with Gasteiger partial charge >= 0.3 is 0 Å². The maximum atomic E-state index is 13.9. The van der Waals surface area contributed by atoms with Crippen LogP contribution >= 0.6 is 0 Å². The quantitative estimate of drug-likeness (QED) is 0.251. The monoisotopic (exact) mass is 475 g/mol. The van der Waals surface area contributed by atoms with Gasteiger partial charge in [0.05, 0.1) is 16.3 Å². The Hall–Kier alpha value is -4.15. The second-order valence-electron chi connectivity index (χ2n) is 8.41. The van der Waals surface area contributed by atoms with Gasteiger partial charge in [-0.3, -0.25) is 0 Å². The second kappa shape index (κ2) is 9.61. The molecule has 35 heavy (non-hydrogen) atoms. The average molecular weight is 476 g/mol. The number of benzene rings is 5. The highest BCUT2D eigenvalue weighted by molar-refractivity contribution is 7.93. The van der Waals surface area contributed by atoms with Gasteiger partial charge in [-0.25, -0.2) is 12.7 Å². The fourth-order valence-corrected chi connectivity index (χ4v) is 5.57. The van der Waals surface area contributed by atoms with Crippen molar-refractivity contribution < 1.29 is 8.42 Å². The highest BCUT2D eigenvalue weighted by atomic mass is 32.2. The first-order valence-electron chi connectivity index (χ1n) is 11.5. The first-order valence-corrected chi connectivity index (χ1v) is 12.9. The Kier molecular flexibility index (Phi) is 6.21. The zero-order valence-electron chi connectivity index (χ0n) is 19.4. The van der Waals surface area contributed by atoms with E-state index in [2.05, 4.69) is 0 Å². The smallest absolute Gasteiger partial charge is 0.235 e. The number of rotatable bonds is 6. The van der Waals surface area contributed by atoms with Gasteiger partial charge in [0.2, 0.25) is 0 Å². The Labute approximate surface area is 207 Å². The van der Waals surface area contributed by atoms with Crippen molar-refractivity contribution in [2.45, 2.75) is 11.8 Å². The van der Waals surface area contributed by atoms with Crippen LogP contribution in [0.5, 0.6) is 0 Å². The Morgan fingerprint density at radius 2 is 0.829 bits per heavy atom. The summed E-state index contributed by atoms with van der Waals surface area (Å²) in [5, 5.41) is 0. The zero-order chi connectivity index (χ0) is 24.3. The van der Waals surface area contributed by atoms with Gasteiger partial charge in [0, 0.05) is 0 Å². The van der Waals surface area contributed by atoms with Crippen LogP contribution in [0.25, 0.3) is 22.3 Å². The summed E-state index contributed by atoms with van der Waals surface area (Å²) in [7, 11) is -3.85. The third-order valence-corrected chi connectivity index (χ3v) is 7.75. The van der Waals surface area contributed by atoms with Crippen molar-refractivity contribution in [3.05, 3.63) is 139 Å². The summed E-state index contributed by atoms with van der Waals surface area (Å²) in [5.41, 5.74) is 6.40. The number of sulfonamides is 1. The Balaban J connectivity index is 1.59. The molecule has 0 spiro atoms. The lowest BCUT2D eigenvalue weighted by Crippen LogP contribution is -2.26.